The third-order valence-electron chi connectivity index (χ3n) is 4.31. The van der Waals surface area contributed by atoms with Crippen molar-refractivity contribution >= 4 is 29.3 Å². The molecule has 0 aliphatic heterocycles. The van der Waals surface area contributed by atoms with E-state index in [0.717, 1.165) is 37.9 Å². The third-order valence-corrected chi connectivity index (χ3v) is 5.16. The Bertz CT molecular complexity index is 770. The monoisotopic (exact) mass is 373 g/mol. The third kappa shape index (κ3) is 4.85. The van der Waals surface area contributed by atoms with Gasteiger partial charge in [-0.25, -0.2) is 4.98 Å². The predicted octanol–water partition coefficient (Wildman–Crippen LogP) is 2.77. The molecule has 2 amide bonds. The highest BCUT2D eigenvalue weighted by Gasteiger charge is 2.20. The molecule has 0 saturated heterocycles. The molecule has 2 aromatic rings. The maximum Gasteiger partial charge on any atom is 0.253 e. The Morgan fingerprint density at radius 3 is 2.77 bits per heavy atom. The summed E-state index contributed by atoms with van der Waals surface area (Å²) in [7, 11) is 0. The van der Waals surface area contributed by atoms with Crippen molar-refractivity contribution in [2.75, 3.05) is 11.1 Å². The zero-order valence-corrected chi connectivity index (χ0v) is 15.6. The molecule has 1 aliphatic carbocycles. The van der Waals surface area contributed by atoms with Gasteiger partial charge in [-0.2, -0.15) is 0 Å². The molecule has 8 heteroatoms. The van der Waals surface area contributed by atoms with Crippen molar-refractivity contribution < 1.29 is 9.59 Å². The lowest BCUT2D eigenvalue weighted by atomic mass is 10.1. The van der Waals surface area contributed by atoms with Gasteiger partial charge in [-0.05, 0) is 25.0 Å². The SMILES string of the molecule is CCc1nc(SCC(=O)Nc2ccccc2C(=O)NC2CCCC2)n[nH]1. The van der Waals surface area contributed by atoms with Crippen LogP contribution in [0.5, 0.6) is 0 Å². The summed E-state index contributed by atoms with van der Waals surface area (Å²) in [4.78, 5) is 29.0. The molecule has 1 fully saturated rings. The molecule has 0 bridgehead atoms. The highest BCUT2D eigenvalue weighted by atomic mass is 32.2. The van der Waals surface area contributed by atoms with Crippen LogP contribution in [-0.2, 0) is 11.2 Å². The first-order valence-corrected chi connectivity index (χ1v) is 9.88. The van der Waals surface area contributed by atoms with E-state index in [1.165, 1.54) is 11.8 Å². The van der Waals surface area contributed by atoms with Gasteiger partial charge >= 0.3 is 0 Å². The number of aromatic amines is 1. The Morgan fingerprint density at radius 2 is 2.04 bits per heavy atom. The molecule has 26 heavy (non-hydrogen) atoms. The molecule has 3 N–H and O–H groups in total. The van der Waals surface area contributed by atoms with Crippen LogP contribution in [-0.4, -0.2) is 38.8 Å². The van der Waals surface area contributed by atoms with Crippen LogP contribution in [0.1, 0.15) is 48.8 Å². The minimum absolute atomic E-state index is 0.137. The fraction of sp³-hybridized carbons (Fsp3) is 0.444. The van der Waals surface area contributed by atoms with Crippen molar-refractivity contribution in [1.82, 2.24) is 20.5 Å². The minimum atomic E-state index is -0.195. The Hall–Kier alpha value is -2.35. The second-order valence-corrected chi connectivity index (χ2v) is 7.20. The molecule has 0 spiro atoms. The van der Waals surface area contributed by atoms with Crippen LogP contribution in [0.25, 0.3) is 0 Å². The van der Waals surface area contributed by atoms with Gasteiger partial charge in [0.1, 0.15) is 5.82 Å². The molecule has 1 aliphatic rings. The average molecular weight is 373 g/mol. The summed E-state index contributed by atoms with van der Waals surface area (Å²) in [6.07, 6.45) is 5.12. The Kier molecular flexibility index (Phi) is 6.27. The summed E-state index contributed by atoms with van der Waals surface area (Å²) < 4.78 is 0. The van der Waals surface area contributed by atoms with Crippen molar-refractivity contribution in [3.8, 4) is 0 Å². The molecule has 1 aromatic carbocycles. The number of carbonyl (C=O) groups excluding carboxylic acids is 2. The van der Waals surface area contributed by atoms with E-state index in [9.17, 15) is 9.59 Å². The van der Waals surface area contributed by atoms with Gasteiger partial charge in [-0.15, -0.1) is 5.10 Å². The summed E-state index contributed by atoms with van der Waals surface area (Å²) in [5, 5.41) is 13.3. The van der Waals surface area contributed by atoms with E-state index in [4.69, 9.17) is 0 Å². The van der Waals surface area contributed by atoms with Crippen molar-refractivity contribution in [1.29, 1.82) is 0 Å². The number of hydrogen-bond donors (Lipinski definition) is 3. The van der Waals surface area contributed by atoms with E-state index < -0.39 is 0 Å². The van der Waals surface area contributed by atoms with Crippen molar-refractivity contribution in [3.63, 3.8) is 0 Å². The molecular weight excluding hydrogens is 350 g/mol. The Balaban J connectivity index is 1.58. The number of carbonyl (C=O) groups is 2. The van der Waals surface area contributed by atoms with Gasteiger partial charge in [-0.1, -0.05) is 43.7 Å². The number of aromatic nitrogens is 3. The zero-order chi connectivity index (χ0) is 18.4. The van der Waals surface area contributed by atoms with Gasteiger partial charge in [0, 0.05) is 12.5 Å². The van der Waals surface area contributed by atoms with Gasteiger partial charge in [-0.3, -0.25) is 14.7 Å². The van der Waals surface area contributed by atoms with Gasteiger partial charge in [0.05, 0.1) is 17.0 Å². The largest absolute Gasteiger partial charge is 0.349 e. The van der Waals surface area contributed by atoms with E-state index in [1.807, 2.05) is 6.92 Å². The predicted molar refractivity (Wildman–Crippen MR) is 101 cm³/mol. The molecule has 3 rings (SSSR count). The summed E-state index contributed by atoms with van der Waals surface area (Å²) in [5.41, 5.74) is 1.02. The molecule has 1 aromatic heterocycles. The maximum absolute atomic E-state index is 12.5. The number of amides is 2. The van der Waals surface area contributed by atoms with E-state index in [2.05, 4.69) is 25.8 Å². The van der Waals surface area contributed by atoms with Gasteiger partial charge < -0.3 is 10.6 Å². The van der Waals surface area contributed by atoms with Crippen LogP contribution in [0.3, 0.4) is 0 Å². The van der Waals surface area contributed by atoms with Gasteiger partial charge in [0.2, 0.25) is 11.1 Å². The second kappa shape index (κ2) is 8.84. The number of aryl methyl sites for hydroxylation is 1. The molecule has 0 atom stereocenters. The lowest BCUT2D eigenvalue weighted by molar-refractivity contribution is -0.113. The molecule has 1 heterocycles. The zero-order valence-electron chi connectivity index (χ0n) is 14.7. The Labute approximate surface area is 156 Å². The first-order valence-electron chi connectivity index (χ1n) is 8.89. The first-order chi connectivity index (χ1) is 12.7. The molecule has 0 unspecified atom stereocenters. The molecule has 138 valence electrons. The summed E-state index contributed by atoms with van der Waals surface area (Å²) in [6, 6.07) is 7.32. The molecule has 0 radical (unpaired) electrons. The first kappa shape index (κ1) is 18.4. The number of thioether (sulfide) groups is 1. The van der Waals surface area contributed by atoms with Crippen molar-refractivity contribution in [3.05, 3.63) is 35.7 Å². The quantitative estimate of drug-likeness (QED) is 0.648. The number of H-pyrrole nitrogens is 1. The fourth-order valence-electron chi connectivity index (χ4n) is 2.94. The number of nitrogens with one attached hydrogen (secondary N) is 3. The van der Waals surface area contributed by atoms with Gasteiger partial charge in [0.15, 0.2) is 0 Å². The fourth-order valence-corrected chi connectivity index (χ4v) is 3.56. The number of para-hydroxylation sites is 1. The highest BCUT2D eigenvalue weighted by molar-refractivity contribution is 7.99. The summed E-state index contributed by atoms with van der Waals surface area (Å²) >= 11 is 1.26. The summed E-state index contributed by atoms with van der Waals surface area (Å²) in [6.45, 7) is 1.98. The van der Waals surface area contributed by atoms with E-state index in [1.54, 1.807) is 24.3 Å². The van der Waals surface area contributed by atoms with E-state index in [0.29, 0.717) is 16.4 Å². The lowest BCUT2D eigenvalue weighted by Crippen LogP contribution is -2.33. The second-order valence-electron chi connectivity index (χ2n) is 6.26. The van der Waals surface area contributed by atoms with Crippen LogP contribution >= 0.6 is 11.8 Å². The maximum atomic E-state index is 12.5. The smallest absolute Gasteiger partial charge is 0.253 e. The molecule has 7 nitrogen and oxygen atoms in total. The van der Waals surface area contributed by atoms with Crippen LogP contribution in [0.2, 0.25) is 0 Å². The summed E-state index contributed by atoms with van der Waals surface area (Å²) in [5.74, 6) is 0.641. The number of anilines is 1. The number of hydrogen-bond acceptors (Lipinski definition) is 5. The highest BCUT2D eigenvalue weighted by Crippen LogP contribution is 2.21. The standard InChI is InChI=1S/C18H23N5O2S/c1-2-15-21-18(23-22-15)26-11-16(24)20-14-10-6-5-9-13(14)17(25)19-12-7-3-4-8-12/h5-6,9-10,12H,2-4,7-8,11H2,1H3,(H,19,25)(H,20,24)(H,21,22,23). The molecule has 1 saturated carbocycles. The average Bonchev–Trinajstić information content (AvgIpc) is 3.32. The van der Waals surface area contributed by atoms with Crippen molar-refractivity contribution in [2.45, 2.75) is 50.2 Å². The van der Waals surface area contributed by atoms with Crippen molar-refractivity contribution in [2.24, 2.45) is 0 Å². The van der Waals surface area contributed by atoms with Gasteiger partial charge in [0.25, 0.3) is 5.91 Å². The minimum Gasteiger partial charge on any atom is -0.349 e. The van der Waals surface area contributed by atoms with Crippen LogP contribution < -0.4 is 10.6 Å². The van der Waals surface area contributed by atoms with E-state index in [-0.39, 0.29) is 23.6 Å². The number of nitrogens with zero attached hydrogens (tertiary/aromatic N) is 2. The number of benzene rings is 1. The van der Waals surface area contributed by atoms with E-state index >= 15 is 0 Å². The topological polar surface area (TPSA) is 99.8 Å². The van der Waals surface area contributed by atoms with Crippen LogP contribution in [0.15, 0.2) is 29.4 Å². The normalized spacial score (nSPS) is 14.3. The molecular formula is C18H23N5O2S. The van der Waals surface area contributed by atoms with Crippen LogP contribution in [0, 0.1) is 0 Å². The van der Waals surface area contributed by atoms with Crippen LogP contribution in [0.4, 0.5) is 5.69 Å². The Morgan fingerprint density at radius 1 is 1.27 bits per heavy atom. The lowest BCUT2D eigenvalue weighted by Gasteiger charge is -2.14. The number of rotatable bonds is 7.